The van der Waals surface area contributed by atoms with E-state index in [1.54, 1.807) is 29.7 Å². The van der Waals surface area contributed by atoms with Crippen molar-refractivity contribution in [2.24, 2.45) is 0 Å². The van der Waals surface area contributed by atoms with Crippen LogP contribution >= 0.6 is 0 Å². The number of rotatable bonds is 5. The summed E-state index contributed by atoms with van der Waals surface area (Å²) in [4.78, 5) is 23.0. The first-order valence-corrected chi connectivity index (χ1v) is 8.28. The number of carbonyl (C=O) groups is 1. The largest absolute Gasteiger partial charge is 0.343 e. The van der Waals surface area contributed by atoms with Gasteiger partial charge >= 0.3 is 0 Å². The number of fused-ring (bicyclic) bond motifs is 1. The van der Waals surface area contributed by atoms with Crippen molar-refractivity contribution in [2.45, 2.75) is 13.5 Å². The minimum Gasteiger partial charge on any atom is -0.343 e. The van der Waals surface area contributed by atoms with Crippen LogP contribution in [0.2, 0.25) is 0 Å². The molecule has 0 aliphatic rings. The van der Waals surface area contributed by atoms with Crippen molar-refractivity contribution in [3.8, 4) is 5.69 Å². The van der Waals surface area contributed by atoms with E-state index in [4.69, 9.17) is 0 Å². The van der Waals surface area contributed by atoms with Gasteiger partial charge in [-0.1, -0.05) is 17.3 Å². The van der Waals surface area contributed by atoms with Crippen molar-refractivity contribution in [2.75, 3.05) is 0 Å². The zero-order valence-electron chi connectivity index (χ0n) is 14.7. The molecule has 11 heteroatoms. The summed E-state index contributed by atoms with van der Waals surface area (Å²) >= 11 is 0. The van der Waals surface area contributed by atoms with Crippen LogP contribution in [0.25, 0.3) is 11.3 Å². The summed E-state index contributed by atoms with van der Waals surface area (Å²) in [6, 6.07) is 11.5. The molecule has 0 saturated heterocycles. The number of pyridine rings is 1. The molecule has 1 aromatic carbocycles. The van der Waals surface area contributed by atoms with Crippen LogP contribution in [-0.4, -0.2) is 40.4 Å². The molecule has 4 rings (SSSR count). The Morgan fingerprint density at radius 3 is 2.86 bits per heavy atom. The van der Waals surface area contributed by atoms with E-state index in [1.165, 1.54) is 16.8 Å². The van der Waals surface area contributed by atoms with Crippen LogP contribution in [-0.2, 0) is 6.54 Å². The van der Waals surface area contributed by atoms with Crippen LogP contribution in [0.3, 0.4) is 0 Å². The van der Waals surface area contributed by atoms with Gasteiger partial charge in [0.25, 0.3) is 11.6 Å². The van der Waals surface area contributed by atoms with Crippen molar-refractivity contribution in [1.82, 2.24) is 34.9 Å². The number of nitrogens with zero attached hydrogens (tertiary/aromatic N) is 7. The minimum atomic E-state index is -0.494. The Kier molecular flexibility index (Phi) is 4.24. The second-order valence-corrected chi connectivity index (χ2v) is 5.94. The number of benzene rings is 1. The van der Waals surface area contributed by atoms with E-state index < -0.39 is 10.8 Å². The molecule has 140 valence electrons. The van der Waals surface area contributed by atoms with Gasteiger partial charge in [0.1, 0.15) is 0 Å². The molecule has 0 atom stereocenters. The lowest BCUT2D eigenvalue weighted by molar-refractivity contribution is -0.384. The Bertz CT molecular complexity index is 1200. The molecule has 3 heterocycles. The van der Waals surface area contributed by atoms with Gasteiger partial charge in [-0.25, -0.2) is 4.68 Å². The highest BCUT2D eigenvalue weighted by Gasteiger charge is 2.19. The Morgan fingerprint density at radius 2 is 2.04 bits per heavy atom. The molecule has 0 spiro atoms. The maximum absolute atomic E-state index is 12.5. The van der Waals surface area contributed by atoms with Gasteiger partial charge in [-0.05, 0) is 25.1 Å². The molecular formula is C17H14N8O3. The highest BCUT2D eigenvalue weighted by atomic mass is 16.6. The number of carbonyl (C=O) groups excluding carboxylic acids is 1. The van der Waals surface area contributed by atoms with Crippen LogP contribution in [0.15, 0.2) is 48.7 Å². The van der Waals surface area contributed by atoms with Gasteiger partial charge in [0.2, 0.25) is 0 Å². The second kappa shape index (κ2) is 6.87. The lowest BCUT2D eigenvalue weighted by Gasteiger charge is -2.05. The van der Waals surface area contributed by atoms with E-state index >= 15 is 0 Å². The Hall–Kier alpha value is -4.15. The summed E-state index contributed by atoms with van der Waals surface area (Å²) < 4.78 is 3.15. The molecule has 1 amide bonds. The summed E-state index contributed by atoms with van der Waals surface area (Å²) in [7, 11) is 0. The van der Waals surface area contributed by atoms with Crippen molar-refractivity contribution in [1.29, 1.82) is 0 Å². The highest BCUT2D eigenvalue weighted by molar-refractivity contribution is 5.93. The normalized spacial score (nSPS) is 10.9. The third-order valence-corrected chi connectivity index (χ3v) is 4.19. The minimum absolute atomic E-state index is 0.0721. The predicted molar refractivity (Wildman–Crippen MR) is 96.9 cm³/mol. The van der Waals surface area contributed by atoms with Crippen molar-refractivity contribution in [3.05, 3.63) is 76.0 Å². The molecular weight excluding hydrogens is 364 g/mol. The SMILES string of the molecule is Cc1c(C(=O)NCc2nnc3ccccn23)nnn1-c1cccc([N+](=O)[O-])c1. The molecule has 0 saturated carbocycles. The molecule has 0 aliphatic heterocycles. The van der Waals surface area contributed by atoms with E-state index in [1.807, 2.05) is 18.2 Å². The molecule has 0 radical (unpaired) electrons. The van der Waals surface area contributed by atoms with Crippen LogP contribution in [0.5, 0.6) is 0 Å². The maximum atomic E-state index is 12.5. The van der Waals surface area contributed by atoms with Crippen molar-refractivity contribution < 1.29 is 9.72 Å². The average Bonchev–Trinajstić information content (AvgIpc) is 3.30. The molecule has 0 aliphatic carbocycles. The molecule has 3 aromatic heterocycles. The number of hydrogen-bond donors (Lipinski definition) is 1. The van der Waals surface area contributed by atoms with Crippen LogP contribution in [0.4, 0.5) is 5.69 Å². The second-order valence-electron chi connectivity index (χ2n) is 5.94. The fourth-order valence-corrected chi connectivity index (χ4v) is 2.78. The third-order valence-electron chi connectivity index (χ3n) is 4.19. The number of hydrogen-bond acceptors (Lipinski definition) is 7. The van der Waals surface area contributed by atoms with E-state index in [0.717, 1.165) is 0 Å². The van der Waals surface area contributed by atoms with Crippen molar-refractivity contribution >= 4 is 17.2 Å². The zero-order valence-corrected chi connectivity index (χ0v) is 14.7. The fourth-order valence-electron chi connectivity index (χ4n) is 2.78. The van der Waals surface area contributed by atoms with Gasteiger partial charge in [0.05, 0.1) is 22.8 Å². The molecule has 1 N–H and O–H groups in total. The smallest absolute Gasteiger partial charge is 0.274 e. The summed E-state index contributed by atoms with van der Waals surface area (Å²) in [6.07, 6.45) is 1.81. The number of nitro benzene ring substituents is 1. The lowest BCUT2D eigenvalue weighted by Crippen LogP contribution is -2.25. The van der Waals surface area contributed by atoms with Gasteiger partial charge in [0, 0.05) is 18.3 Å². The quantitative estimate of drug-likeness (QED) is 0.410. The topological polar surface area (TPSA) is 133 Å². The van der Waals surface area contributed by atoms with Gasteiger partial charge in [-0.2, -0.15) is 0 Å². The van der Waals surface area contributed by atoms with Gasteiger partial charge in [-0.3, -0.25) is 19.3 Å². The number of aromatic nitrogens is 6. The predicted octanol–water partition coefficient (Wildman–Crippen LogP) is 1.46. The maximum Gasteiger partial charge on any atom is 0.274 e. The number of non-ortho nitro benzene ring substituents is 1. The van der Waals surface area contributed by atoms with Crippen LogP contribution in [0, 0.1) is 17.0 Å². The summed E-state index contributed by atoms with van der Waals surface area (Å²) in [6.45, 7) is 1.83. The summed E-state index contributed by atoms with van der Waals surface area (Å²) in [5.74, 6) is 0.148. The first-order chi connectivity index (χ1) is 13.5. The van der Waals surface area contributed by atoms with E-state index in [-0.39, 0.29) is 17.9 Å². The standard InChI is InChI=1S/C17H14N8O3/c1-11-16(21-22-24(11)12-5-4-6-13(9-12)25(27)28)17(26)18-10-15-20-19-14-7-2-3-8-23(14)15/h2-9H,10H2,1H3,(H,18,26). The molecule has 11 nitrogen and oxygen atoms in total. The van der Waals surface area contributed by atoms with Crippen LogP contribution in [0.1, 0.15) is 22.0 Å². The number of amides is 1. The van der Waals surface area contributed by atoms with E-state index in [0.29, 0.717) is 22.9 Å². The molecule has 0 fully saturated rings. The monoisotopic (exact) mass is 378 g/mol. The average molecular weight is 378 g/mol. The van der Waals surface area contributed by atoms with Gasteiger partial charge < -0.3 is 5.32 Å². The number of nitro groups is 1. The van der Waals surface area contributed by atoms with Gasteiger partial charge in [-0.15, -0.1) is 15.3 Å². The first-order valence-electron chi connectivity index (χ1n) is 8.28. The molecule has 4 aromatic rings. The Balaban J connectivity index is 1.54. The van der Waals surface area contributed by atoms with Gasteiger partial charge in [0.15, 0.2) is 17.2 Å². The zero-order chi connectivity index (χ0) is 19.7. The third kappa shape index (κ3) is 3.05. The summed E-state index contributed by atoms with van der Waals surface area (Å²) in [5, 5.41) is 29.7. The molecule has 28 heavy (non-hydrogen) atoms. The molecule has 0 unspecified atom stereocenters. The van der Waals surface area contributed by atoms with Crippen LogP contribution < -0.4 is 5.32 Å². The first kappa shape index (κ1) is 17.3. The summed E-state index contributed by atoms with van der Waals surface area (Å²) in [5.41, 5.74) is 1.64. The molecule has 0 bridgehead atoms. The number of nitrogens with one attached hydrogen (secondary N) is 1. The highest BCUT2D eigenvalue weighted by Crippen LogP contribution is 2.18. The van der Waals surface area contributed by atoms with E-state index in [2.05, 4.69) is 25.8 Å². The fraction of sp³-hybridized carbons (Fsp3) is 0.118. The van der Waals surface area contributed by atoms with E-state index in [9.17, 15) is 14.9 Å². The lowest BCUT2D eigenvalue weighted by atomic mass is 10.2. The Morgan fingerprint density at radius 1 is 1.18 bits per heavy atom. The van der Waals surface area contributed by atoms with Crippen molar-refractivity contribution in [3.63, 3.8) is 0 Å². The Labute approximate surface area is 157 Å².